The van der Waals surface area contributed by atoms with Crippen molar-refractivity contribution in [1.82, 2.24) is 5.32 Å². The lowest BCUT2D eigenvalue weighted by Gasteiger charge is -2.30. The van der Waals surface area contributed by atoms with Gasteiger partial charge in [0.2, 0.25) is 5.91 Å². The van der Waals surface area contributed by atoms with Crippen LogP contribution in [0.25, 0.3) is 6.08 Å². The van der Waals surface area contributed by atoms with Crippen LogP contribution in [-0.2, 0) is 4.79 Å². The molecule has 0 spiro atoms. The molecule has 1 fully saturated rings. The third-order valence-electron chi connectivity index (χ3n) is 4.34. The number of thiophene rings is 1. The smallest absolute Gasteiger partial charge is 0.244 e. The van der Waals surface area contributed by atoms with E-state index in [-0.39, 0.29) is 5.91 Å². The Kier molecular flexibility index (Phi) is 6.46. The standard InChI is InChI=1S/C17H26N2OS/c1-14-9-13-21-16(14)7-8-17(20)18-10-5-12-19-11-4-3-6-15(19)2/h7-9,13,15H,3-6,10-12H2,1-2H3,(H,18,20)/p+1/b8-7+/t15-/m1/s1. The Balaban J connectivity index is 1.63. The second-order valence-electron chi connectivity index (χ2n) is 6.00. The van der Waals surface area contributed by atoms with Gasteiger partial charge in [-0.25, -0.2) is 0 Å². The van der Waals surface area contributed by atoms with Gasteiger partial charge in [-0.15, -0.1) is 11.3 Å². The number of likely N-dealkylation sites (tertiary alicyclic amines) is 1. The van der Waals surface area contributed by atoms with Crippen molar-refractivity contribution in [3.8, 4) is 0 Å². The van der Waals surface area contributed by atoms with Gasteiger partial charge in [-0.05, 0) is 56.2 Å². The third kappa shape index (κ3) is 5.29. The highest BCUT2D eigenvalue weighted by Crippen LogP contribution is 2.16. The van der Waals surface area contributed by atoms with Crippen molar-refractivity contribution in [2.75, 3.05) is 19.6 Å². The highest BCUT2D eigenvalue weighted by Gasteiger charge is 2.20. The molecular formula is C17H27N2OS+. The second kappa shape index (κ2) is 8.35. The number of hydrogen-bond acceptors (Lipinski definition) is 2. The van der Waals surface area contributed by atoms with Crippen LogP contribution in [0.4, 0.5) is 0 Å². The monoisotopic (exact) mass is 307 g/mol. The van der Waals surface area contributed by atoms with Crippen molar-refractivity contribution >= 4 is 23.3 Å². The molecule has 1 aromatic rings. The average Bonchev–Trinajstić information content (AvgIpc) is 2.88. The van der Waals surface area contributed by atoms with Crippen LogP contribution in [0.2, 0.25) is 0 Å². The van der Waals surface area contributed by atoms with Crippen molar-refractivity contribution in [2.24, 2.45) is 0 Å². The van der Waals surface area contributed by atoms with Crippen LogP contribution in [0.5, 0.6) is 0 Å². The summed E-state index contributed by atoms with van der Waals surface area (Å²) in [5, 5.41) is 5.04. The van der Waals surface area contributed by atoms with E-state index in [1.807, 2.05) is 6.08 Å². The lowest BCUT2D eigenvalue weighted by atomic mass is 10.0. The molecule has 1 aromatic heterocycles. The van der Waals surface area contributed by atoms with E-state index in [1.165, 1.54) is 37.9 Å². The van der Waals surface area contributed by atoms with Gasteiger partial charge in [0.05, 0.1) is 19.1 Å². The zero-order chi connectivity index (χ0) is 15.1. The van der Waals surface area contributed by atoms with Gasteiger partial charge in [0, 0.05) is 23.9 Å². The number of quaternary nitrogens is 1. The molecule has 1 amide bonds. The van der Waals surface area contributed by atoms with Gasteiger partial charge in [-0.2, -0.15) is 0 Å². The average molecular weight is 307 g/mol. The number of piperidine rings is 1. The van der Waals surface area contributed by atoms with Crippen molar-refractivity contribution in [3.63, 3.8) is 0 Å². The zero-order valence-corrected chi connectivity index (χ0v) is 14.0. The van der Waals surface area contributed by atoms with Crippen LogP contribution < -0.4 is 10.2 Å². The minimum atomic E-state index is 0.0180. The number of amides is 1. The first-order chi connectivity index (χ1) is 10.2. The van der Waals surface area contributed by atoms with E-state index >= 15 is 0 Å². The minimum absolute atomic E-state index is 0.0180. The quantitative estimate of drug-likeness (QED) is 0.612. The maximum atomic E-state index is 11.8. The van der Waals surface area contributed by atoms with E-state index in [0.29, 0.717) is 0 Å². The molecule has 2 atom stereocenters. The van der Waals surface area contributed by atoms with Crippen molar-refractivity contribution in [2.45, 2.75) is 45.6 Å². The molecule has 0 saturated carbocycles. The number of hydrogen-bond donors (Lipinski definition) is 2. The molecule has 1 aliphatic heterocycles. The molecular weight excluding hydrogens is 280 g/mol. The summed E-state index contributed by atoms with van der Waals surface area (Å²) in [4.78, 5) is 14.6. The van der Waals surface area contributed by atoms with Crippen molar-refractivity contribution < 1.29 is 9.69 Å². The van der Waals surface area contributed by atoms with E-state index in [2.05, 4.69) is 30.6 Å². The van der Waals surface area contributed by atoms with Gasteiger partial charge >= 0.3 is 0 Å². The number of nitrogens with one attached hydrogen (secondary N) is 2. The van der Waals surface area contributed by atoms with Crippen LogP contribution in [-0.4, -0.2) is 31.6 Å². The number of carbonyl (C=O) groups is 1. The summed E-state index contributed by atoms with van der Waals surface area (Å²) in [5.41, 5.74) is 1.23. The molecule has 2 rings (SSSR count). The summed E-state index contributed by atoms with van der Waals surface area (Å²) in [7, 11) is 0. The van der Waals surface area contributed by atoms with E-state index in [0.717, 1.165) is 23.9 Å². The fourth-order valence-electron chi connectivity index (χ4n) is 2.92. The zero-order valence-electron chi connectivity index (χ0n) is 13.2. The lowest BCUT2D eigenvalue weighted by molar-refractivity contribution is -0.928. The topological polar surface area (TPSA) is 33.5 Å². The predicted octanol–water partition coefficient (Wildman–Crippen LogP) is 2.03. The van der Waals surface area contributed by atoms with E-state index in [1.54, 1.807) is 22.3 Å². The Morgan fingerprint density at radius 1 is 1.52 bits per heavy atom. The molecule has 4 heteroatoms. The highest BCUT2D eigenvalue weighted by atomic mass is 32.1. The van der Waals surface area contributed by atoms with E-state index in [4.69, 9.17) is 0 Å². The SMILES string of the molecule is Cc1ccsc1/C=C/C(=O)NCCC[NH+]1CCCC[C@H]1C. The summed E-state index contributed by atoms with van der Waals surface area (Å²) in [6.07, 6.45) is 8.72. The van der Waals surface area contributed by atoms with Crippen LogP contribution in [0.15, 0.2) is 17.5 Å². The molecule has 0 radical (unpaired) electrons. The lowest BCUT2D eigenvalue weighted by Crippen LogP contribution is -3.16. The van der Waals surface area contributed by atoms with E-state index < -0.39 is 0 Å². The first-order valence-electron chi connectivity index (χ1n) is 8.01. The molecule has 1 unspecified atom stereocenters. The Labute approximate surface area is 132 Å². The molecule has 21 heavy (non-hydrogen) atoms. The molecule has 0 bridgehead atoms. The molecule has 0 aliphatic carbocycles. The fraction of sp³-hybridized carbons (Fsp3) is 0.588. The first kappa shape index (κ1) is 16.2. The molecule has 3 nitrogen and oxygen atoms in total. The van der Waals surface area contributed by atoms with Crippen LogP contribution in [0.3, 0.4) is 0 Å². The molecule has 2 heterocycles. The summed E-state index contributed by atoms with van der Waals surface area (Å²) >= 11 is 1.67. The van der Waals surface area contributed by atoms with Crippen molar-refractivity contribution in [3.05, 3.63) is 28.0 Å². The van der Waals surface area contributed by atoms with E-state index in [9.17, 15) is 4.79 Å². The molecule has 116 valence electrons. The summed E-state index contributed by atoms with van der Waals surface area (Å²) < 4.78 is 0. The molecule has 2 N–H and O–H groups in total. The van der Waals surface area contributed by atoms with Crippen LogP contribution in [0, 0.1) is 6.92 Å². The predicted molar refractivity (Wildman–Crippen MR) is 89.7 cm³/mol. The van der Waals surface area contributed by atoms with Crippen LogP contribution >= 0.6 is 11.3 Å². The Morgan fingerprint density at radius 2 is 2.38 bits per heavy atom. The largest absolute Gasteiger partial charge is 0.352 e. The highest BCUT2D eigenvalue weighted by molar-refractivity contribution is 7.11. The Morgan fingerprint density at radius 3 is 3.10 bits per heavy atom. The van der Waals surface area contributed by atoms with Crippen molar-refractivity contribution in [1.29, 1.82) is 0 Å². The maximum Gasteiger partial charge on any atom is 0.244 e. The van der Waals surface area contributed by atoms with Gasteiger partial charge < -0.3 is 10.2 Å². The summed E-state index contributed by atoms with van der Waals surface area (Å²) in [5.74, 6) is 0.0180. The second-order valence-corrected chi connectivity index (χ2v) is 6.95. The minimum Gasteiger partial charge on any atom is -0.352 e. The third-order valence-corrected chi connectivity index (χ3v) is 5.33. The first-order valence-corrected chi connectivity index (χ1v) is 8.89. The summed E-state index contributed by atoms with van der Waals surface area (Å²) in [6.45, 7) is 7.67. The summed E-state index contributed by atoms with van der Waals surface area (Å²) in [6, 6.07) is 2.86. The Hall–Kier alpha value is -1.13. The number of aryl methyl sites for hydroxylation is 1. The molecule has 1 saturated heterocycles. The van der Waals surface area contributed by atoms with Gasteiger partial charge in [0.1, 0.15) is 0 Å². The van der Waals surface area contributed by atoms with Gasteiger partial charge in [0.25, 0.3) is 0 Å². The van der Waals surface area contributed by atoms with Crippen LogP contribution in [0.1, 0.15) is 43.0 Å². The number of rotatable bonds is 6. The number of carbonyl (C=O) groups excluding carboxylic acids is 1. The fourth-order valence-corrected chi connectivity index (χ4v) is 3.74. The van der Waals surface area contributed by atoms with Gasteiger partial charge in [-0.1, -0.05) is 0 Å². The normalized spacial score (nSPS) is 22.6. The Bertz CT molecular complexity index is 481. The van der Waals surface area contributed by atoms with Gasteiger partial charge in [-0.3, -0.25) is 4.79 Å². The molecule has 1 aliphatic rings. The molecule has 0 aromatic carbocycles. The maximum absolute atomic E-state index is 11.8. The van der Waals surface area contributed by atoms with Gasteiger partial charge in [0.15, 0.2) is 0 Å².